The molecule has 0 aliphatic carbocycles. The van der Waals surface area contributed by atoms with Gasteiger partial charge in [-0.2, -0.15) is 0 Å². The first-order chi connectivity index (χ1) is 15.5. The minimum atomic E-state index is -1.49. The van der Waals surface area contributed by atoms with E-state index in [1.807, 2.05) is 35.2 Å². The first-order valence-electron chi connectivity index (χ1n) is 10.6. The Morgan fingerprint density at radius 3 is 2.34 bits per heavy atom. The first-order valence-corrected chi connectivity index (χ1v) is 10.6. The van der Waals surface area contributed by atoms with Gasteiger partial charge >= 0.3 is 5.97 Å². The van der Waals surface area contributed by atoms with Gasteiger partial charge in [0.2, 0.25) is 17.7 Å². The number of rotatable bonds is 4. The average molecular weight is 433 g/mol. The third-order valence-corrected chi connectivity index (χ3v) is 6.88. The molecule has 3 amide bonds. The highest BCUT2D eigenvalue weighted by Gasteiger charge is 2.73. The van der Waals surface area contributed by atoms with Gasteiger partial charge in [-0.15, -0.1) is 0 Å². The Balaban J connectivity index is 1.71. The zero-order chi connectivity index (χ0) is 22.5. The number of imide groups is 1. The highest BCUT2D eigenvalue weighted by Crippen LogP contribution is 2.57. The second-order valence-corrected chi connectivity index (χ2v) is 8.33. The van der Waals surface area contributed by atoms with Gasteiger partial charge in [0, 0.05) is 19.1 Å². The number of amides is 3. The summed E-state index contributed by atoms with van der Waals surface area (Å²) in [5, 5.41) is 2.83. The van der Waals surface area contributed by atoms with Crippen molar-refractivity contribution < 1.29 is 23.9 Å². The number of ether oxygens (including phenoxy) is 1. The largest absolute Gasteiger partial charge is 0.469 e. The van der Waals surface area contributed by atoms with Gasteiger partial charge in [0.05, 0.1) is 31.1 Å². The summed E-state index contributed by atoms with van der Waals surface area (Å²) in [4.78, 5) is 56.5. The SMILES string of the molecule is COC(=O)C[C@]12C(=O)NCCN1[C@H](c1ccccc1)[C@H]1C(=O)N(c3ccccc3)C(=O)[C@@H]12. The Labute approximate surface area is 185 Å². The maximum Gasteiger partial charge on any atom is 0.307 e. The number of para-hydroxylation sites is 1. The van der Waals surface area contributed by atoms with Crippen LogP contribution in [-0.4, -0.2) is 54.3 Å². The standard InChI is InChI=1S/C24H23N3O5/c1-32-17(28)14-24-19-18(21(29)27(22(19)30)16-10-6-3-7-11-16)20(15-8-4-2-5-9-15)26(24)13-12-25-23(24)31/h2-11,18-20H,12-14H2,1H3,(H,25,31)/t18-,19+,20+,24-/m0/s1. The lowest BCUT2D eigenvalue weighted by molar-refractivity contribution is -0.154. The fourth-order valence-corrected chi connectivity index (χ4v) is 5.64. The highest BCUT2D eigenvalue weighted by atomic mass is 16.5. The number of benzene rings is 2. The fraction of sp³-hybridized carbons (Fsp3) is 0.333. The van der Waals surface area contributed by atoms with Crippen molar-refractivity contribution in [1.29, 1.82) is 0 Å². The summed E-state index contributed by atoms with van der Waals surface area (Å²) >= 11 is 0. The quantitative estimate of drug-likeness (QED) is 0.577. The summed E-state index contributed by atoms with van der Waals surface area (Å²) in [7, 11) is 1.25. The lowest BCUT2D eigenvalue weighted by atomic mass is 9.76. The Morgan fingerprint density at radius 2 is 1.69 bits per heavy atom. The molecule has 2 aromatic rings. The maximum absolute atomic E-state index is 13.8. The Bertz CT molecular complexity index is 1090. The van der Waals surface area contributed by atoms with Gasteiger partial charge in [-0.1, -0.05) is 48.5 Å². The van der Waals surface area contributed by atoms with Crippen LogP contribution in [0.3, 0.4) is 0 Å². The van der Waals surface area contributed by atoms with Crippen LogP contribution in [0.5, 0.6) is 0 Å². The molecule has 0 aromatic heterocycles. The van der Waals surface area contributed by atoms with Crippen molar-refractivity contribution in [2.24, 2.45) is 11.8 Å². The topological polar surface area (TPSA) is 96.0 Å². The number of carbonyl (C=O) groups is 4. The third-order valence-electron chi connectivity index (χ3n) is 6.88. The van der Waals surface area contributed by atoms with E-state index in [0.29, 0.717) is 18.8 Å². The molecule has 8 heteroatoms. The predicted octanol–water partition coefficient (Wildman–Crippen LogP) is 1.28. The van der Waals surface area contributed by atoms with E-state index < -0.39 is 41.2 Å². The van der Waals surface area contributed by atoms with E-state index in [4.69, 9.17) is 4.74 Å². The van der Waals surface area contributed by atoms with E-state index in [0.717, 1.165) is 5.56 Å². The van der Waals surface area contributed by atoms with Gasteiger partial charge in [-0.05, 0) is 17.7 Å². The van der Waals surface area contributed by atoms with E-state index in [1.54, 1.807) is 30.3 Å². The molecule has 164 valence electrons. The van der Waals surface area contributed by atoms with E-state index >= 15 is 0 Å². The fourth-order valence-electron chi connectivity index (χ4n) is 5.64. The van der Waals surface area contributed by atoms with Crippen molar-refractivity contribution in [3.8, 4) is 0 Å². The van der Waals surface area contributed by atoms with Gasteiger partial charge in [0.25, 0.3) is 0 Å². The molecule has 4 atom stereocenters. The summed E-state index contributed by atoms with van der Waals surface area (Å²) in [6.07, 6.45) is -0.304. The molecule has 5 rings (SSSR count). The van der Waals surface area contributed by atoms with Gasteiger partial charge in [-0.3, -0.25) is 24.1 Å². The minimum Gasteiger partial charge on any atom is -0.469 e. The van der Waals surface area contributed by atoms with Crippen molar-refractivity contribution in [2.45, 2.75) is 18.0 Å². The number of anilines is 1. The molecule has 2 aromatic carbocycles. The van der Waals surface area contributed by atoms with Crippen molar-refractivity contribution in [1.82, 2.24) is 10.2 Å². The van der Waals surface area contributed by atoms with E-state index in [2.05, 4.69) is 5.32 Å². The number of hydrogen-bond acceptors (Lipinski definition) is 6. The molecule has 0 bridgehead atoms. The maximum atomic E-state index is 13.8. The van der Waals surface area contributed by atoms with Crippen LogP contribution in [-0.2, 0) is 23.9 Å². The Kier molecular flexibility index (Phi) is 4.82. The number of nitrogens with one attached hydrogen (secondary N) is 1. The van der Waals surface area contributed by atoms with Crippen LogP contribution >= 0.6 is 0 Å². The zero-order valence-corrected chi connectivity index (χ0v) is 17.6. The summed E-state index contributed by atoms with van der Waals surface area (Å²) in [6, 6.07) is 17.6. The molecule has 1 N–H and O–H groups in total. The molecule has 3 fully saturated rings. The smallest absolute Gasteiger partial charge is 0.307 e. The van der Waals surface area contributed by atoms with Crippen molar-refractivity contribution in [3.63, 3.8) is 0 Å². The number of piperazine rings is 1. The molecular weight excluding hydrogens is 410 g/mol. The summed E-state index contributed by atoms with van der Waals surface area (Å²) in [5.41, 5.74) is -0.202. The van der Waals surface area contributed by atoms with Gasteiger partial charge in [0.15, 0.2) is 0 Å². The Hall–Kier alpha value is -3.52. The normalized spacial score (nSPS) is 29.5. The van der Waals surface area contributed by atoms with Crippen LogP contribution in [0.4, 0.5) is 5.69 Å². The lowest BCUT2D eigenvalue weighted by Gasteiger charge is -2.45. The van der Waals surface area contributed by atoms with Crippen molar-refractivity contribution >= 4 is 29.4 Å². The molecule has 3 aliphatic heterocycles. The number of methoxy groups -OCH3 is 1. The van der Waals surface area contributed by atoms with Crippen LogP contribution in [0.2, 0.25) is 0 Å². The predicted molar refractivity (Wildman–Crippen MR) is 114 cm³/mol. The van der Waals surface area contributed by atoms with Crippen molar-refractivity contribution in [3.05, 3.63) is 66.2 Å². The molecule has 32 heavy (non-hydrogen) atoms. The van der Waals surface area contributed by atoms with Crippen LogP contribution in [0, 0.1) is 11.8 Å². The molecule has 0 unspecified atom stereocenters. The van der Waals surface area contributed by atoms with Gasteiger partial charge in [-0.25, -0.2) is 4.90 Å². The van der Waals surface area contributed by atoms with E-state index in [9.17, 15) is 19.2 Å². The molecule has 8 nitrogen and oxygen atoms in total. The highest BCUT2D eigenvalue weighted by molar-refractivity contribution is 6.24. The number of nitrogens with zero attached hydrogens (tertiary/aromatic N) is 2. The number of carbonyl (C=O) groups excluding carboxylic acids is 4. The summed E-state index contributed by atoms with van der Waals surface area (Å²) in [5.74, 6) is -3.63. The van der Waals surface area contributed by atoms with Crippen molar-refractivity contribution in [2.75, 3.05) is 25.1 Å². The first kappa shape index (κ1) is 20.4. The lowest BCUT2D eigenvalue weighted by Crippen LogP contribution is -2.67. The molecule has 0 spiro atoms. The zero-order valence-electron chi connectivity index (χ0n) is 17.6. The third kappa shape index (κ3) is 2.72. The average Bonchev–Trinajstić information content (AvgIpc) is 3.26. The monoisotopic (exact) mass is 433 g/mol. The second kappa shape index (κ2) is 7.56. The number of esters is 1. The summed E-state index contributed by atoms with van der Waals surface area (Å²) in [6.45, 7) is 0.788. The minimum absolute atomic E-state index is 0.304. The molecule has 3 heterocycles. The van der Waals surface area contributed by atoms with E-state index in [1.165, 1.54) is 12.0 Å². The van der Waals surface area contributed by atoms with Crippen LogP contribution in [0.25, 0.3) is 0 Å². The van der Waals surface area contributed by atoms with E-state index in [-0.39, 0.29) is 12.3 Å². The summed E-state index contributed by atoms with van der Waals surface area (Å²) < 4.78 is 4.91. The molecular formula is C24H23N3O5. The van der Waals surface area contributed by atoms with Crippen LogP contribution in [0.15, 0.2) is 60.7 Å². The van der Waals surface area contributed by atoms with Crippen LogP contribution < -0.4 is 10.2 Å². The van der Waals surface area contributed by atoms with Gasteiger partial charge in [0.1, 0.15) is 5.54 Å². The molecule has 0 radical (unpaired) electrons. The molecule has 3 saturated heterocycles. The number of fused-ring (bicyclic) bond motifs is 3. The molecule has 0 saturated carbocycles. The number of hydrogen-bond donors (Lipinski definition) is 1. The Morgan fingerprint density at radius 1 is 1.03 bits per heavy atom. The second-order valence-electron chi connectivity index (χ2n) is 8.33. The van der Waals surface area contributed by atoms with Crippen LogP contribution in [0.1, 0.15) is 18.0 Å². The molecule has 3 aliphatic rings. The van der Waals surface area contributed by atoms with Gasteiger partial charge < -0.3 is 10.1 Å².